The summed E-state index contributed by atoms with van der Waals surface area (Å²) in [6.07, 6.45) is 5.13. The summed E-state index contributed by atoms with van der Waals surface area (Å²) in [5.74, 6) is 1.47. The fourth-order valence-electron chi connectivity index (χ4n) is 3.15. The third-order valence-corrected chi connectivity index (χ3v) is 5.29. The first-order valence-corrected chi connectivity index (χ1v) is 10.4. The second kappa shape index (κ2) is 8.31. The van der Waals surface area contributed by atoms with Crippen molar-refractivity contribution in [2.75, 3.05) is 11.3 Å². The minimum atomic E-state index is -0.644. The lowest BCUT2D eigenvalue weighted by molar-refractivity contribution is 0.0880. The molecule has 0 bridgehead atoms. The van der Waals surface area contributed by atoms with Crippen LogP contribution in [-0.4, -0.2) is 38.4 Å². The zero-order valence-corrected chi connectivity index (χ0v) is 18.2. The van der Waals surface area contributed by atoms with Gasteiger partial charge in [-0.1, -0.05) is 6.07 Å². The Kier molecular flexibility index (Phi) is 5.55. The summed E-state index contributed by atoms with van der Waals surface area (Å²) in [6.45, 7) is 4.03. The quantitative estimate of drug-likeness (QED) is 0.507. The van der Waals surface area contributed by atoms with E-state index >= 15 is 0 Å². The lowest BCUT2D eigenvalue weighted by atomic mass is 10.1. The average Bonchev–Trinajstić information content (AvgIpc) is 3.18. The van der Waals surface area contributed by atoms with Crippen LogP contribution in [0.25, 0.3) is 11.5 Å². The number of amides is 1. The van der Waals surface area contributed by atoms with E-state index < -0.39 is 5.54 Å². The zero-order chi connectivity index (χ0) is 22.0. The Morgan fingerprint density at radius 2 is 2.13 bits per heavy atom. The molecule has 4 N–H and O–H groups in total. The lowest BCUT2D eigenvalue weighted by Gasteiger charge is -2.27. The van der Waals surface area contributed by atoms with Crippen molar-refractivity contribution < 1.29 is 9.53 Å². The molecule has 160 valence electrons. The van der Waals surface area contributed by atoms with Gasteiger partial charge in [-0.2, -0.15) is 4.40 Å². The van der Waals surface area contributed by atoms with Crippen LogP contribution in [0.3, 0.4) is 0 Å². The van der Waals surface area contributed by atoms with Crippen LogP contribution < -0.4 is 20.5 Å². The van der Waals surface area contributed by atoms with Gasteiger partial charge in [-0.25, -0.2) is 4.98 Å². The lowest BCUT2D eigenvalue weighted by Crippen LogP contribution is -2.48. The van der Waals surface area contributed by atoms with E-state index in [4.69, 9.17) is 10.5 Å². The van der Waals surface area contributed by atoms with Crippen LogP contribution in [0.15, 0.2) is 53.3 Å². The highest BCUT2D eigenvalue weighted by molar-refractivity contribution is 7.99. The van der Waals surface area contributed by atoms with Crippen LogP contribution in [0, 0.1) is 0 Å². The number of imidazole rings is 1. The molecule has 0 fully saturated rings. The number of rotatable bonds is 6. The van der Waals surface area contributed by atoms with Crippen molar-refractivity contribution in [2.24, 2.45) is 17.2 Å². The molecular formula is C21H23N7O2S. The topological polar surface area (TPSA) is 119 Å². The van der Waals surface area contributed by atoms with E-state index in [2.05, 4.69) is 24.4 Å². The number of aryl methyl sites for hydroxylation is 1. The fraction of sp³-hybridized carbons (Fsp3) is 0.238. The summed E-state index contributed by atoms with van der Waals surface area (Å²) in [6, 6.07) is 9.02. The summed E-state index contributed by atoms with van der Waals surface area (Å²) < 4.78 is 15.1. The molecule has 3 heterocycles. The van der Waals surface area contributed by atoms with E-state index in [0.29, 0.717) is 28.7 Å². The maximum absolute atomic E-state index is 12.9. The number of aromatic nitrogens is 3. The molecule has 4 rings (SSSR count). The average molecular weight is 438 g/mol. The summed E-state index contributed by atoms with van der Waals surface area (Å²) in [5.41, 5.74) is 8.08. The van der Waals surface area contributed by atoms with Gasteiger partial charge in [0.2, 0.25) is 0 Å². The van der Waals surface area contributed by atoms with Gasteiger partial charge in [0.1, 0.15) is 23.9 Å². The number of anilines is 1. The first-order valence-electron chi connectivity index (χ1n) is 9.62. The van der Waals surface area contributed by atoms with Gasteiger partial charge in [0, 0.05) is 31.2 Å². The smallest absolute Gasteiger partial charge is 0.251 e. The second-order valence-electron chi connectivity index (χ2n) is 7.77. The Bertz CT molecular complexity index is 1160. The highest BCUT2D eigenvalue weighted by Crippen LogP contribution is 2.32. The monoisotopic (exact) mass is 437 g/mol. The summed E-state index contributed by atoms with van der Waals surface area (Å²) >= 11 is 1.17. The number of ether oxygens (including phenoxy) is 1. The molecule has 0 saturated heterocycles. The predicted molar refractivity (Wildman–Crippen MR) is 122 cm³/mol. The molecule has 9 nitrogen and oxygen atoms in total. The number of nitrogens with one attached hydrogen (secondary N) is 2. The number of fused-ring (bicyclic) bond motifs is 1. The molecule has 0 radical (unpaired) electrons. The highest BCUT2D eigenvalue weighted by Gasteiger charge is 2.25. The molecular weight excluding hydrogens is 414 g/mol. The van der Waals surface area contributed by atoms with Crippen molar-refractivity contribution in [2.45, 2.75) is 19.4 Å². The van der Waals surface area contributed by atoms with Crippen LogP contribution in [0.5, 0.6) is 5.75 Å². The Morgan fingerprint density at radius 3 is 2.90 bits per heavy atom. The van der Waals surface area contributed by atoms with Gasteiger partial charge in [-0.3, -0.25) is 9.78 Å². The maximum atomic E-state index is 12.9. The van der Waals surface area contributed by atoms with Gasteiger partial charge in [0.25, 0.3) is 5.91 Å². The van der Waals surface area contributed by atoms with Crippen LogP contribution >= 0.6 is 12.1 Å². The van der Waals surface area contributed by atoms with E-state index in [9.17, 15) is 4.79 Å². The molecule has 10 heteroatoms. The molecule has 1 aliphatic heterocycles. The number of nitrogens with two attached hydrogens (primary N) is 1. The van der Waals surface area contributed by atoms with E-state index in [1.165, 1.54) is 12.1 Å². The number of hydrogen-bond donors (Lipinski definition) is 3. The van der Waals surface area contributed by atoms with Gasteiger partial charge in [0.05, 0.1) is 28.9 Å². The number of carbonyl (C=O) groups is 1. The van der Waals surface area contributed by atoms with E-state index in [1.54, 1.807) is 24.5 Å². The molecule has 0 unspecified atom stereocenters. The fourth-order valence-corrected chi connectivity index (χ4v) is 3.65. The van der Waals surface area contributed by atoms with Crippen molar-refractivity contribution >= 4 is 29.6 Å². The Morgan fingerprint density at radius 1 is 1.29 bits per heavy atom. The maximum Gasteiger partial charge on any atom is 0.251 e. The molecule has 1 amide bonds. The normalized spacial score (nSPS) is 13.1. The third kappa shape index (κ3) is 4.48. The Labute approximate surface area is 184 Å². The van der Waals surface area contributed by atoms with Crippen molar-refractivity contribution in [3.8, 4) is 17.3 Å². The van der Waals surface area contributed by atoms with Crippen molar-refractivity contribution in [1.82, 2.24) is 19.9 Å². The van der Waals surface area contributed by atoms with E-state index in [1.807, 2.05) is 49.9 Å². The molecule has 0 spiro atoms. The molecule has 3 aromatic rings. The van der Waals surface area contributed by atoms with Crippen LogP contribution in [0.4, 0.5) is 5.69 Å². The minimum absolute atomic E-state index is 0.222. The number of pyridine rings is 1. The van der Waals surface area contributed by atoms with E-state index in [-0.39, 0.29) is 12.5 Å². The van der Waals surface area contributed by atoms with Crippen LogP contribution in [0.1, 0.15) is 29.8 Å². The standard InChI is InChI=1S/C21H23N7O2S/c1-21(2,12-30-16-6-4-5-14-17(16)18(22)27-31-26-14)25-20(29)13-7-8-23-15(11-13)19-24-9-10-28(19)3/h4-11,26H,12H2,1-3H3,(H2,22,27)(H,25,29). The molecule has 2 aromatic heterocycles. The molecule has 1 aliphatic rings. The third-order valence-electron chi connectivity index (χ3n) is 4.69. The zero-order valence-electron chi connectivity index (χ0n) is 17.4. The number of amidine groups is 1. The van der Waals surface area contributed by atoms with Crippen LogP contribution in [0.2, 0.25) is 0 Å². The number of nitrogens with zero attached hydrogens (tertiary/aromatic N) is 4. The largest absolute Gasteiger partial charge is 0.490 e. The molecule has 31 heavy (non-hydrogen) atoms. The molecule has 0 saturated carbocycles. The van der Waals surface area contributed by atoms with Gasteiger partial charge < -0.3 is 25.1 Å². The summed E-state index contributed by atoms with van der Waals surface area (Å²) in [4.78, 5) is 21.5. The highest BCUT2D eigenvalue weighted by atomic mass is 32.2. The number of carbonyl (C=O) groups excluding carboxylic acids is 1. The van der Waals surface area contributed by atoms with Crippen molar-refractivity contribution in [1.29, 1.82) is 0 Å². The van der Waals surface area contributed by atoms with Gasteiger partial charge in [-0.15, -0.1) is 0 Å². The Balaban J connectivity index is 1.46. The second-order valence-corrected chi connectivity index (χ2v) is 8.34. The number of benzene rings is 1. The Hall–Kier alpha value is -3.53. The van der Waals surface area contributed by atoms with Gasteiger partial charge >= 0.3 is 0 Å². The SMILES string of the molecule is Cn1ccnc1-c1cc(C(=O)NC(C)(C)COc2cccc3c2C(N)=NSN3)ccn1. The summed E-state index contributed by atoms with van der Waals surface area (Å²) in [7, 11) is 1.88. The predicted octanol–water partition coefficient (Wildman–Crippen LogP) is 2.76. The van der Waals surface area contributed by atoms with Crippen molar-refractivity contribution in [3.63, 3.8) is 0 Å². The van der Waals surface area contributed by atoms with Crippen molar-refractivity contribution in [3.05, 3.63) is 60.0 Å². The van der Waals surface area contributed by atoms with Crippen LogP contribution in [-0.2, 0) is 7.05 Å². The number of hydrogen-bond acceptors (Lipinski definition) is 8. The first-order chi connectivity index (χ1) is 14.8. The van der Waals surface area contributed by atoms with Gasteiger partial charge in [0.15, 0.2) is 5.82 Å². The molecule has 0 atom stereocenters. The minimum Gasteiger partial charge on any atom is -0.490 e. The van der Waals surface area contributed by atoms with E-state index in [0.717, 1.165) is 11.3 Å². The molecule has 1 aromatic carbocycles. The first kappa shape index (κ1) is 20.7. The summed E-state index contributed by atoms with van der Waals surface area (Å²) in [5, 5.41) is 3.02. The van der Waals surface area contributed by atoms with Gasteiger partial charge in [-0.05, 0) is 38.1 Å². The molecule has 0 aliphatic carbocycles.